The first-order valence-corrected chi connectivity index (χ1v) is 11.5. The van der Waals surface area contributed by atoms with Crippen LogP contribution in [-0.4, -0.2) is 32.2 Å². The molecule has 2 aromatic rings. The highest BCUT2D eigenvalue weighted by atomic mass is 32.2. The molecule has 0 saturated heterocycles. The largest absolute Gasteiger partial charge is 0.491 e. The third kappa shape index (κ3) is 4.17. The van der Waals surface area contributed by atoms with Crippen LogP contribution in [0.1, 0.15) is 42.4 Å². The second-order valence-corrected chi connectivity index (χ2v) is 10.1. The Kier molecular flexibility index (Phi) is 6.32. The summed E-state index contributed by atoms with van der Waals surface area (Å²) in [6.45, 7) is 6.15. The van der Waals surface area contributed by atoms with Crippen LogP contribution in [0.5, 0.6) is 5.75 Å². The molecule has 3 rings (SSSR count). The number of amides is 1. The smallest absolute Gasteiger partial charge is 0.241 e. The average molecular weight is 416 g/mol. The molecule has 1 amide bonds. The first-order chi connectivity index (χ1) is 13.8. The van der Waals surface area contributed by atoms with Gasteiger partial charge in [0.1, 0.15) is 12.4 Å². The summed E-state index contributed by atoms with van der Waals surface area (Å²) in [5.41, 5.74) is 2.57. The molecule has 0 radical (unpaired) electrons. The van der Waals surface area contributed by atoms with Crippen LogP contribution in [0, 0.1) is 20.8 Å². The number of hydrogen-bond donors (Lipinski definition) is 1. The van der Waals surface area contributed by atoms with E-state index < -0.39 is 20.5 Å². The molecule has 6 heteroatoms. The lowest BCUT2D eigenvalue weighted by molar-refractivity contribution is -0.123. The number of carbonyl (C=O) groups is 1. The van der Waals surface area contributed by atoms with Crippen molar-refractivity contribution >= 4 is 15.7 Å². The Hall–Kier alpha value is -2.34. The zero-order valence-electron chi connectivity index (χ0n) is 17.3. The van der Waals surface area contributed by atoms with E-state index in [2.05, 4.69) is 5.32 Å². The summed E-state index contributed by atoms with van der Waals surface area (Å²) in [5, 5.41) is 2.82. The summed E-state index contributed by atoms with van der Waals surface area (Å²) in [5.74, 6) is 0.352. The molecule has 0 unspecified atom stereocenters. The lowest BCUT2D eigenvalue weighted by atomic mass is 10.1. The fraction of sp³-hybridized carbons (Fsp3) is 0.435. The summed E-state index contributed by atoms with van der Waals surface area (Å²) in [4.78, 5) is 13.4. The van der Waals surface area contributed by atoms with Crippen LogP contribution in [-0.2, 0) is 14.6 Å². The van der Waals surface area contributed by atoms with E-state index >= 15 is 0 Å². The Labute approximate surface area is 173 Å². The number of para-hydroxylation sites is 1. The molecule has 0 aliphatic heterocycles. The van der Waals surface area contributed by atoms with Gasteiger partial charge in [-0.2, -0.15) is 0 Å². The van der Waals surface area contributed by atoms with E-state index in [0.29, 0.717) is 18.4 Å². The standard InChI is InChI=1S/C23H29NO4S/c1-17-10-11-19(3)21(16-17)29(26,27)23(12-6-7-13-23)22(25)24-14-15-28-20-9-5-4-8-18(20)2/h4-5,8-11,16H,6-7,12-15H2,1-3H3,(H,24,25). The Bertz CT molecular complexity index is 992. The lowest BCUT2D eigenvalue weighted by Gasteiger charge is -2.28. The molecule has 0 aromatic heterocycles. The lowest BCUT2D eigenvalue weighted by Crippen LogP contribution is -2.51. The molecule has 0 atom stereocenters. The molecule has 1 aliphatic carbocycles. The van der Waals surface area contributed by atoms with Gasteiger partial charge in [0.2, 0.25) is 5.91 Å². The van der Waals surface area contributed by atoms with Crippen molar-refractivity contribution in [1.82, 2.24) is 5.32 Å². The molecule has 0 bridgehead atoms. The fourth-order valence-electron chi connectivity index (χ4n) is 3.98. The van der Waals surface area contributed by atoms with Crippen LogP contribution in [0.4, 0.5) is 0 Å². The SMILES string of the molecule is Cc1ccc(C)c(S(=O)(=O)C2(C(=O)NCCOc3ccccc3C)CCCC2)c1. The van der Waals surface area contributed by atoms with Gasteiger partial charge in [-0.1, -0.05) is 43.2 Å². The van der Waals surface area contributed by atoms with Gasteiger partial charge in [0.15, 0.2) is 14.6 Å². The molecule has 5 nitrogen and oxygen atoms in total. The minimum Gasteiger partial charge on any atom is -0.491 e. The quantitative estimate of drug-likeness (QED) is 0.696. The van der Waals surface area contributed by atoms with Gasteiger partial charge in [0, 0.05) is 0 Å². The van der Waals surface area contributed by atoms with Gasteiger partial charge in [0.05, 0.1) is 11.4 Å². The van der Waals surface area contributed by atoms with Crippen molar-refractivity contribution in [3.8, 4) is 5.75 Å². The summed E-state index contributed by atoms with van der Waals surface area (Å²) in [7, 11) is -3.80. The van der Waals surface area contributed by atoms with Gasteiger partial charge in [0.25, 0.3) is 0 Å². The highest BCUT2D eigenvalue weighted by Gasteiger charge is 2.53. The monoisotopic (exact) mass is 415 g/mol. The zero-order chi connectivity index (χ0) is 21.1. The number of nitrogens with one attached hydrogen (secondary N) is 1. The van der Waals surface area contributed by atoms with Gasteiger partial charge in [-0.05, 0) is 62.4 Å². The van der Waals surface area contributed by atoms with Gasteiger partial charge < -0.3 is 10.1 Å². The summed E-state index contributed by atoms with van der Waals surface area (Å²) >= 11 is 0. The van der Waals surface area contributed by atoms with E-state index in [1.165, 1.54) is 0 Å². The van der Waals surface area contributed by atoms with Crippen LogP contribution >= 0.6 is 0 Å². The minimum atomic E-state index is -3.80. The van der Waals surface area contributed by atoms with E-state index in [1.807, 2.05) is 44.2 Å². The number of aryl methyl sites for hydroxylation is 3. The number of carbonyl (C=O) groups excluding carboxylic acids is 1. The Balaban J connectivity index is 1.75. The topological polar surface area (TPSA) is 72.5 Å². The molecule has 0 heterocycles. The van der Waals surface area contributed by atoms with Crippen molar-refractivity contribution in [3.05, 3.63) is 59.2 Å². The second kappa shape index (κ2) is 8.57. The highest BCUT2D eigenvalue weighted by molar-refractivity contribution is 7.93. The highest BCUT2D eigenvalue weighted by Crippen LogP contribution is 2.41. The molecular weight excluding hydrogens is 386 g/mol. The van der Waals surface area contributed by atoms with Crippen LogP contribution in [0.3, 0.4) is 0 Å². The van der Waals surface area contributed by atoms with Crippen molar-refractivity contribution < 1.29 is 17.9 Å². The first kappa shape index (κ1) is 21.4. The maximum absolute atomic E-state index is 13.6. The Morgan fingerprint density at radius 2 is 1.72 bits per heavy atom. The fourth-order valence-corrected chi connectivity index (χ4v) is 6.37. The molecule has 1 fully saturated rings. The van der Waals surface area contributed by atoms with Crippen molar-refractivity contribution in [1.29, 1.82) is 0 Å². The zero-order valence-corrected chi connectivity index (χ0v) is 18.1. The Morgan fingerprint density at radius 1 is 1.03 bits per heavy atom. The molecule has 1 aliphatic rings. The van der Waals surface area contributed by atoms with Crippen molar-refractivity contribution in [2.75, 3.05) is 13.2 Å². The molecule has 2 aromatic carbocycles. The molecule has 29 heavy (non-hydrogen) atoms. The third-order valence-electron chi connectivity index (χ3n) is 5.71. The van der Waals surface area contributed by atoms with Crippen molar-refractivity contribution in [2.24, 2.45) is 0 Å². The second-order valence-electron chi connectivity index (χ2n) is 7.84. The van der Waals surface area contributed by atoms with Crippen LogP contribution < -0.4 is 10.1 Å². The number of sulfone groups is 1. The summed E-state index contributed by atoms with van der Waals surface area (Å²) < 4.78 is 31.5. The van der Waals surface area contributed by atoms with Gasteiger partial charge >= 0.3 is 0 Å². The summed E-state index contributed by atoms with van der Waals surface area (Å²) in [6, 6.07) is 13.0. The average Bonchev–Trinajstić information content (AvgIpc) is 3.20. The maximum atomic E-state index is 13.6. The maximum Gasteiger partial charge on any atom is 0.241 e. The molecular formula is C23H29NO4S. The molecule has 1 saturated carbocycles. The number of benzene rings is 2. The Morgan fingerprint density at radius 3 is 2.41 bits per heavy atom. The van der Waals surface area contributed by atoms with E-state index in [9.17, 15) is 13.2 Å². The van der Waals surface area contributed by atoms with Crippen molar-refractivity contribution in [2.45, 2.75) is 56.1 Å². The predicted octanol–water partition coefficient (Wildman–Crippen LogP) is 3.89. The van der Waals surface area contributed by atoms with Gasteiger partial charge in [-0.15, -0.1) is 0 Å². The molecule has 0 spiro atoms. The number of rotatable bonds is 7. The predicted molar refractivity (Wildman–Crippen MR) is 114 cm³/mol. The third-order valence-corrected chi connectivity index (χ3v) is 8.35. The van der Waals surface area contributed by atoms with Crippen LogP contribution in [0.2, 0.25) is 0 Å². The minimum absolute atomic E-state index is 0.261. The molecule has 156 valence electrons. The first-order valence-electron chi connectivity index (χ1n) is 10.1. The van der Waals surface area contributed by atoms with Crippen LogP contribution in [0.25, 0.3) is 0 Å². The van der Waals surface area contributed by atoms with Crippen molar-refractivity contribution in [3.63, 3.8) is 0 Å². The van der Waals surface area contributed by atoms with Gasteiger partial charge in [-0.25, -0.2) is 8.42 Å². The normalized spacial score (nSPS) is 15.8. The summed E-state index contributed by atoms with van der Waals surface area (Å²) in [6.07, 6.45) is 2.18. The van der Waals surface area contributed by atoms with E-state index in [0.717, 1.165) is 29.7 Å². The van der Waals surface area contributed by atoms with Crippen LogP contribution in [0.15, 0.2) is 47.4 Å². The van der Waals surface area contributed by atoms with E-state index in [1.54, 1.807) is 19.1 Å². The number of hydrogen-bond acceptors (Lipinski definition) is 4. The molecule has 1 N–H and O–H groups in total. The number of ether oxygens (including phenoxy) is 1. The van der Waals surface area contributed by atoms with E-state index in [4.69, 9.17) is 4.74 Å². The van der Waals surface area contributed by atoms with E-state index in [-0.39, 0.29) is 18.0 Å². The van der Waals surface area contributed by atoms with Gasteiger partial charge in [-0.3, -0.25) is 4.79 Å².